The van der Waals surface area contributed by atoms with Crippen LogP contribution in [-0.2, 0) is 9.59 Å². The molecule has 0 aromatic rings. The number of hydrogen-bond donors (Lipinski definition) is 4. The van der Waals surface area contributed by atoms with E-state index in [-0.39, 0.29) is 0 Å². The predicted octanol–water partition coefficient (Wildman–Crippen LogP) is -2.39. The molecule has 7 nitrogen and oxygen atoms in total. The van der Waals surface area contributed by atoms with Gasteiger partial charge in [0.2, 0.25) is 11.8 Å². The summed E-state index contributed by atoms with van der Waals surface area (Å²) in [6, 6.07) is -1.96. The van der Waals surface area contributed by atoms with Crippen LogP contribution in [0.2, 0.25) is 0 Å². The van der Waals surface area contributed by atoms with Gasteiger partial charge in [-0.25, -0.2) is 4.79 Å². The second-order valence-corrected chi connectivity index (χ2v) is 2.32. The molecule has 0 spiro atoms. The minimum absolute atomic E-state index is 0.541. The Kier molecular flexibility index (Phi) is 1.86. The van der Waals surface area contributed by atoms with Crippen LogP contribution in [0.5, 0.6) is 0 Å². The molecule has 0 saturated carbocycles. The number of rotatable bonds is 2. The lowest BCUT2D eigenvalue weighted by Gasteiger charge is -2.33. The first-order valence-corrected chi connectivity index (χ1v) is 3.11. The van der Waals surface area contributed by atoms with Crippen LogP contribution in [0.15, 0.2) is 0 Å². The quantitative estimate of drug-likeness (QED) is 0.348. The van der Waals surface area contributed by atoms with E-state index < -0.39 is 30.0 Å². The van der Waals surface area contributed by atoms with Crippen molar-refractivity contribution in [1.29, 1.82) is 0 Å². The molecule has 5 N–H and O–H groups in total. The fourth-order valence-electron chi connectivity index (χ4n) is 0.899. The molecule has 1 heterocycles. The van der Waals surface area contributed by atoms with Crippen molar-refractivity contribution in [3.63, 3.8) is 0 Å². The van der Waals surface area contributed by atoms with Crippen molar-refractivity contribution in [2.75, 3.05) is 0 Å². The molecule has 1 aliphatic heterocycles. The van der Waals surface area contributed by atoms with Gasteiger partial charge in [-0.1, -0.05) is 0 Å². The molecule has 0 aromatic carbocycles. The topological polar surface area (TPSA) is 122 Å². The van der Waals surface area contributed by atoms with Gasteiger partial charge in [0.25, 0.3) is 0 Å². The van der Waals surface area contributed by atoms with Gasteiger partial charge in [0.05, 0.1) is 0 Å². The van der Waals surface area contributed by atoms with Gasteiger partial charge in [0.15, 0.2) is 0 Å². The Bertz CT molecular complexity index is 251. The summed E-state index contributed by atoms with van der Waals surface area (Å²) in [6.45, 7) is 0. The average Bonchev–Trinajstić information content (AvgIpc) is 1.95. The van der Waals surface area contributed by atoms with E-state index in [1.165, 1.54) is 0 Å². The smallest absolute Gasteiger partial charge is 0.405 e. The van der Waals surface area contributed by atoms with E-state index in [1.54, 1.807) is 0 Å². The molecular formula is C5H7N3O4. The summed E-state index contributed by atoms with van der Waals surface area (Å²) in [5.74, 6) is -1.30. The number of nitrogens with two attached hydrogens (primary N) is 1. The van der Waals surface area contributed by atoms with Gasteiger partial charge in [-0.2, -0.15) is 0 Å². The molecule has 66 valence electrons. The summed E-state index contributed by atoms with van der Waals surface area (Å²) < 4.78 is 0. The van der Waals surface area contributed by atoms with Crippen LogP contribution in [0, 0.1) is 0 Å². The van der Waals surface area contributed by atoms with E-state index in [9.17, 15) is 14.4 Å². The molecule has 12 heavy (non-hydrogen) atoms. The van der Waals surface area contributed by atoms with E-state index >= 15 is 0 Å². The summed E-state index contributed by atoms with van der Waals surface area (Å²) in [7, 11) is 0. The molecule has 0 aliphatic carbocycles. The van der Waals surface area contributed by atoms with Crippen LogP contribution in [0.4, 0.5) is 4.79 Å². The first kappa shape index (κ1) is 8.31. The molecule has 0 radical (unpaired) electrons. The molecule has 2 atom stereocenters. The van der Waals surface area contributed by atoms with Crippen LogP contribution < -0.4 is 16.4 Å². The minimum atomic E-state index is -1.36. The summed E-state index contributed by atoms with van der Waals surface area (Å²) in [5.41, 5.74) is 4.84. The van der Waals surface area contributed by atoms with Crippen molar-refractivity contribution in [2.45, 2.75) is 12.1 Å². The predicted molar refractivity (Wildman–Crippen MR) is 36.1 cm³/mol. The van der Waals surface area contributed by atoms with Gasteiger partial charge in [-0.05, 0) is 0 Å². The Morgan fingerprint density at radius 2 is 2.17 bits per heavy atom. The third-order valence-corrected chi connectivity index (χ3v) is 1.50. The Morgan fingerprint density at radius 3 is 2.50 bits per heavy atom. The van der Waals surface area contributed by atoms with E-state index in [4.69, 9.17) is 10.8 Å². The molecule has 0 bridgehead atoms. The Morgan fingerprint density at radius 1 is 1.58 bits per heavy atom. The second-order valence-electron chi connectivity index (χ2n) is 2.32. The maximum atomic E-state index is 10.6. The highest BCUT2D eigenvalue weighted by atomic mass is 16.4. The molecule has 1 fully saturated rings. The van der Waals surface area contributed by atoms with Crippen LogP contribution in [0.3, 0.4) is 0 Å². The third kappa shape index (κ3) is 1.29. The number of primary amides is 1. The van der Waals surface area contributed by atoms with Crippen LogP contribution in [-0.4, -0.2) is 35.1 Å². The highest BCUT2D eigenvalue weighted by Crippen LogP contribution is 2.04. The normalized spacial score (nSPS) is 26.8. The molecule has 1 saturated heterocycles. The monoisotopic (exact) mass is 173 g/mol. The molecule has 1 aliphatic rings. The zero-order chi connectivity index (χ0) is 9.30. The molecule has 0 unspecified atom stereocenters. The van der Waals surface area contributed by atoms with Crippen LogP contribution in [0.25, 0.3) is 0 Å². The number of carbonyl (C=O) groups excluding carboxylic acids is 2. The van der Waals surface area contributed by atoms with E-state index in [2.05, 4.69) is 5.32 Å². The SMILES string of the molecule is NC(=O)[C@H]1NC(=O)[C@H]1NC(=O)O. The first-order chi connectivity index (χ1) is 5.52. The fourth-order valence-corrected chi connectivity index (χ4v) is 0.899. The number of hydrogen-bond acceptors (Lipinski definition) is 3. The number of nitrogens with one attached hydrogen (secondary N) is 2. The van der Waals surface area contributed by atoms with Crippen LogP contribution >= 0.6 is 0 Å². The van der Waals surface area contributed by atoms with Crippen LogP contribution in [0.1, 0.15) is 0 Å². The molecular weight excluding hydrogens is 166 g/mol. The number of carboxylic acid groups (broad SMARTS) is 1. The lowest BCUT2D eigenvalue weighted by atomic mass is 9.99. The summed E-state index contributed by atoms with van der Waals surface area (Å²) in [4.78, 5) is 31.2. The van der Waals surface area contributed by atoms with Gasteiger partial charge in [0, 0.05) is 0 Å². The van der Waals surface area contributed by atoms with Crippen molar-refractivity contribution < 1.29 is 19.5 Å². The summed E-state index contributed by atoms with van der Waals surface area (Å²) in [6.07, 6.45) is -1.36. The van der Waals surface area contributed by atoms with Gasteiger partial charge < -0.3 is 21.5 Å². The van der Waals surface area contributed by atoms with E-state index in [0.29, 0.717) is 0 Å². The van der Waals surface area contributed by atoms with Crippen molar-refractivity contribution in [2.24, 2.45) is 5.73 Å². The van der Waals surface area contributed by atoms with Gasteiger partial charge >= 0.3 is 6.09 Å². The lowest BCUT2D eigenvalue weighted by Crippen LogP contribution is -2.72. The highest BCUT2D eigenvalue weighted by Gasteiger charge is 2.44. The van der Waals surface area contributed by atoms with Crippen molar-refractivity contribution >= 4 is 17.9 Å². The number of carbonyl (C=O) groups is 3. The van der Waals surface area contributed by atoms with Gasteiger partial charge in [0.1, 0.15) is 12.1 Å². The van der Waals surface area contributed by atoms with Crippen molar-refractivity contribution in [3.05, 3.63) is 0 Å². The second kappa shape index (κ2) is 2.68. The first-order valence-electron chi connectivity index (χ1n) is 3.11. The third-order valence-electron chi connectivity index (χ3n) is 1.50. The van der Waals surface area contributed by atoms with E-state index in [1.807, 2.05) is 5.32 Å². The standard InChI is InChI=1S/C5H7N3O4/c6-3(9)1-2(4(10)7-1)8-5(11)12/h1-2,8H,(H2,6,9)(H,7,10)(H,11,12)/t1-,2-/m0/s1. The van der Waals surface area contributed by atoms with Gasteiger partial charge in [-0.15, -0.1) is 0 Å². The lowest BCUT2D eigenvalue weighted by molar-refractivity contribution is -0.138. The molecule has 7 heteroatoms. The average molecular weight is 173 g/mol. The summed E-state index contributed by atoms with van der Waals surface area (Å²) >= 11 is 0. The largest absolute Gasteiger partial charge is 0.465 e. The molecule has 0 aromatic heterocycles. The van der Waals surface area contributed by atoms with E-state index in [0.717, 1.165) is 0 Å². The highest BCUT2D eigenvalue weighted by molar-refractivity contribution is 6.02. The Hall–Kier alpha value is -1.79. The maximum Gasteiger partial charge on any atom is 0.405 e. The Balaban J connectivity index is 2.56. The molecule has 3 amide bonds. The minimum Gasteiger partial charge on any atom is -0.465 e. The van der Waals surface area contributed by atoms with Crippen molar-refractivity contribution in [3.8, 4) is 0 Å². The van der Waals surface area contributed by atoms with Crippen molar-refractivity contribution in [1.82, 2.24) is 10.6 Å². The maximum absolute atomic E-state index is 10.6. The van der Waals surface area contributed by atoms with Gasteiger partial charge in [-0.3, -0.25) is 9.59 Å². The molecule has 1 rings (SSSR count). The number of amides is 3. The number of β-lactam (4-membered cyclic amide) rings is 1. The summed E-state index contributed by atoms with van der Waals surface area (Å²) in [5, 5.41) is 12.2. The zero-order valence-corrected chi connectivity index (χ0v) is 5.90. The zero-order valence-electron chi connectivity index (χ0n) is 5.90. The Labute approximate surface area is 66.9 Å². The fraction of sp³-hybridized carbons (Fsp3) is 0.400.